The molecule has 0 radical (unpaired) electrons. The van der Waals surface area contributed by atoms with E-state index in [4.69, 9.17) is 0 Å². The van der Waals surface area contributed by atoms with Gasteiger partial charge in [0.15, 0.2) is 0 Å². The van der Waals surface area contributed by atoms with E-state index in [0.29, 0.717) is 13.1 Å². The molecule has 1 N–H and O–H groups in total. The van der Waals surface area contributed by atoms with Gasteiger partial charge >= 0.3 is 0 Å². The molecule has 0 amide bonds. The van der Waals surface area contributed by atoms with Gasteiger partial charge in [0.1, 0.15) is 6.04 Å². The van der Waals surface area contributed by atoms with Crippen LogP contribution in [0.5, 0.6) is 0 Å². The largest absolute Gasteiger partial charge is 0.314 e. The van der Waals surface area contributed by atoms with Crippen LogP contribution in [-0.4, -0.2) is 37.5 Å². The molecule has 1 saturated heterocycles. The predicted molar refractivity (Wildman–Crippen MR) is 79.7 cm³/mol. The van der Waals surface area contributed by atoms with E-state index in [9.17, 15) is 8.78 Å². The molecule has 1 aromatic heterocycles. The van der Waals surface area contributed by atoms with Crippen molar-refractivity contribution in [2.75, 3.05) is 26.2 Å². The summed E-state index contributed by atoms with van der Waals surface area (Å²) in [6.45, 7) is 2.93. The van der Waals surface area contributed by atoms with E-state index < -0.39 is 12.5 Å². The number of rotatable bonds is 3. The molecule has 1 fully saturated rings. The average Bonchev–Trinajstić information content (AvgIpc) is 2.66. The molecule has 106 valence electrons. The molecule has 1 atom stereocenters. The molecule has 0 aliphatic carbocycles. The number of nitrogens with one attached hydrogen (secondary N) is 1. The van der Waals surface area contributed by atoms with Gasteiger partial charge in [-0.05, 0) is 27.4 Å². The second-order valence-electron chi connectivity index (χ2n) is 3.70. The smallest absolute Gasteiger partial charge is 0.258 e. The zero-order valence-corrected chi connectivity index (χ0v) is 13.5. The third kappa shape index (κ3) is 4.28. The second kappa shape index (κ2) is 8.66. The Kier molecular flexibility index (Phi) is 8.92. The monoisotopic (exact) mass is 382 g/mol. The fourth-order valence-corrected chi connectivity index (χ4v) is 3.66. The summed E-state index contributed by atoms with van der Waals surface area (Å²) in [6.07, 6.45) is -2.34. The number of halogens is 5. The molecule has 2 heterocycles. The number of nitrogens with zero attached hydrogens (tertiary/aromatic N) is 1. The molecule has 2 nitrogen and oxygen atoms in total. The molecular formula is C10H15BrCl2F2N2S. The molecule has 0 spiro atoms. The normalized spacial score (nSPS) is 18.0. The summed E-state index contributed by atoms with van der Waals surface area (Å²) in [6, 6.07) is 1.06. The minimum absolute atomic E-state index is 0. The maximum absolute atomic E-state index is 13.2. The first-order chi connectivity index (χ1) is 7.70. The van der Waals surface area contributed by atoms with Gasteiger partial charge in [-0.25, -0.2) is 8.78 Å². The van der Waals surface area contributed by atoms with Crippen LogP contribution in [-0.2, 0) is 0 Å². The zero-order valence-electron chi connectivity index (χ0n) is 9.44. The molecule has 18 heavy (non-hydrogen) atoms. The third-order valence-electron chi connectivity index (χ3n) is 2.70. The summed E-state index contributed by atoms with van der Waals surface area (Å²) in [4.78, 5) is 2.59. The van der Waals surface area contributed by atoms with Gasteiger partial charge in [-0.15, -0.1) is 36.2 Å². The van der Waals surface area contributed by atoms with Crippen molar-refractivity contribution in [2.45, 2.75) is 12.5 Å². The lowest BCUT2D eigenvalue weighted by Gasteiger charge is -2.34. The van der Waals surface area contributed by atoms with Crippen molar-refractivity contribution in [3.63, 3.8) is 0 Å². The summed E-state index contributed by atoms with van der Waals surface area (Å²) in [5.41, 5.74) is 0. The van der Waals surface area contributed by atoms with Gasteiger partial charge in [-0.1, -0.05) is 0 Å². The van der Waals surface area contributed by atoms with Crippen molar-refractivity contribution in [1.82, 2.24) is 10.2 Å². The van der Waals surface area contributed by atoms with E-state index in [1.54, 1.807) is 0 Å². The lowest BCUT2D eigenvalue weighted by Crippen LogP contribution is -2.46. The molecule has 2 rings (SSSR count). The number of alkyl halides is 2. The van der Waals surface area contributed by atoms with Crippen molar-refractivity contribution >= 4 is 52.1 Å². The molecule has 1 aromatic rings. The summed E-state index contributed by atoms with van der Waals surface area (Å²) in [5.74, 6) is 0. The number of thiophene rings is 1. The van der Waals surface area contributed by atoms with Crippen molar-refractivity contribution < 1.29 is 8.78 Å². The summed E-state index contributed by atoms with van der Waals surface area (Å²) >= 11 is 4.73. The Morgan fingerprint density at radius 1 is 1.28 bits per heavy atom. The van der Waals surface area contributed by atoms with Crippen LogP contribution in [0.3, 0.4) is 0 Å². The Balaban J connectivity index is 0.00000144. The van der Waals surface area contributed by atoms with Gasteiger partial charge in [0.25, 0.3) is 6.43 Å². The zero-order chi connectivity index (χ0) is 11.5. The topological polar surface area (TPSA) is 15.3 Å². The van der Waals surface area contributed by atoms with Crippen LogP contribution in [0.1, 0.15) is 10.9 Å². The average molecular weight is 384 g/mol. The SMILES string of the molecule is Cl.Cl.FC(F)[C@@H](c1sccc1Br)N1CCNCC1. The first-order valence-electron chi connectivity index (χ1n) is 5.16. The highest BCUT2D eigenvalue weighted by molar-refractivity contribution is 9.10. The third-order valence-corrected chi connectivity index (χ3v) is 4.64. The van der Waals surface area contributed by atoms with Crippen LogP contribution in [0.25, 0.3) is 0 Å². The van der Waals surface area contributed by atoms with E-state index >= 15 is 0 Å². The quantitative estimate of drug-likeness (QED) is 0.858. The van der Waals surface area contributed by atoms with Crippen LogP contribution in [0.4, 0.5) is 8.78 Å². The van der Waals surface area contributed by atoms with Crippen LogP contribution in [0, 0.1) is 0 Å². The molecule has 0 aromatic carbocycles. The Morgan fingerprint density at radius 2 is 1.89 bits per heavy atom. The van der Waals surface area contributed by atoms with E-state index in [2.05, 4.69) is 21.2 Å². The Labute approximate surface area is 130 Å². The second-order valence-corrected chi connectivity index (χ2v) is 5.50. The number of hydrogen-bond donors (Lipinski definition) is 1. The predicted octanol–water partition coefficient (Wildman–Crippen LogP) is 3.57. The minimum atomic E-state index is -2.34. The Bertz CT molecular complexity index is 348. The first-order valence-corrected chi connectivity index (χ1v) is 6.83. The molecule has 0 bridgehead atoms. The molecular weight excluding hydrogens is 369 g/mol. The van der Waals surface area contributed by atoms with Gasteiger partial charge < -0.3 is 5.32 Å². The van der Waals surface area contributed by atoms with Crippen molar-refractivity contribution in [3.8, 4) is 0 Å². The van der Waals surface area contributed by atoms with Gasteiger partial charge in [-0.3, -0.25) is 4.90 Å². The highest BCUT2D eigenvalue weighted by atomic mass is 79.9. The van der Waals surface area contributed by atoms with E-state index in [1.165, 1.54) is 11.3 Å². The first kappa shape index (κ1) is 18.5. The van der Waals surface area contributed by atoms with E-state index in [0.717, 1.165) is 22.4 Å². The van der Waals surface area contributed by atoms with Crippen molar-refractivity contribution in [2.24, 2.45) is 0 Å². The van der Waals surface area contributed by atoms with Gasteiger partial charge in [0.2, 0.25) is 0 Å². The molecule has 1 aliphatic heterocycles. The van der Waals surface area contributed by atoms with Crippen LogP contribution in [0.15, 0.2) is 15.9 Å². The fourth-order valence-electron chi connectivity index (χ4n) is 1.92. The highest BCUT2D eigenvalue weighted by Gasteiger charge is 2.32. The fraction of sp³-hybridized carbons (Fsp3) is 0.600. The van der Waals surface area contributed by atoms with Gasteiger partial charge in [-0.2, -0.15) is 0 Å². The standard InChI is InChI=1S/C10H13BrF2N2S.2ClH/c11-7-1-6-16-9(7)8(10(12)13)15-4-2-14-3-5-15;;/h1,6,8,10,14H,2-5H2;2*1H/t8-;;/m1../s1. The van der Waals surface area contributed by atoms with Crippen LogP contribution >= 0.6 is 52.1 Å². The van der Waals surface area contributed by atoms with Gasteiger partial charge in [0.05, 0.1) is 0 Å². The Hall–Kier alpha value is 0.540. The Morgan fingerprint density at radius 3 is 2.33 bits per heavy atom. The van der Waals surface area contributed by atoms with Gasteiger partial charge in [0, 0.05) is 35.5 Å². The van der Waals surface area contributed by atoms with E-state index in [1.807, 2.05) is 16.3 Å². The lowest BCUT2D eigenvalue weighted by molar-refractivity contribution is 0.0196. The maximum Gasteiger partial charge on any atom is 0.258 e. The molecule has 1 aliphatic rings. The van der Waals surface area contributed by atoms with Crippen LogP contribution < -0.4 is 5.32 Å². The van der Waals surface area contributed by atoms with Crippen molar-refractivity contribution in [3.05, 3.63) is 20.8 Å². The molecule has 8 heteroatoms. The molecule has 0 saturated carbocycles. The van der Waals surface area contributed by atoms with Crippen molar-refractivity contribution in [1.29, 1.82) is 0 Å². The van der Waals surface area contributed by atoms with E-state index in [-0.39, 0.29) is 24.8 Å². The summed E-state index contributed by atoms with van der Waals surface area (Å²) < 4.78 is 27.1. The number of piperazine rings is 1. The van der Waals surface area contributed by atoms with Crippen LogP contribution in [0.2, 0.25) is 0 Å². The minimum Gasteiger partial charge on any atom is -0.314 e. The maximum atomic E-state index is 13.2. The lowest BCUT2D eigenvalue weighted by atomic mass is 10.2. The summed E-state index contributed by atoms with van der Waals surface area (Å²) in [5, 5.41) is 5.02. The highest BCUT2D eigenvalue weighted by Crippen LogP contribution is 2.36. The number of hydrogen-bond acceptors (Lipinski definition) is 3. The summed E-state index contributed by atoms with van der Waals surface area (Å²) in [7, 11) is 0. The molecule has 0 unspecified atom stereocenters.